The van der Waals surface area contributed by atoms with Gasteiger partial charge in [0.1, 0.15) is 0 Å². The van der Waals surface area contributed by atoms with Crippen LogP contribution in [0.4, 0.5) is 0 Å². The lowest BCUT2D eigenvalue weighted by Crippen LogP contribution is -1.95. The van der Waals surface area contributed by atoms with Crippen LogP contribution in [0.1, 0.15) is 25.0 Å². The zero-order chi connectivity index (χ0) is 9.97. The summed E-state index contributed by atoms with van der Waals surface area (Å²) in [5.41, 5.74) is 2.59. The fourth-order valence-electron chi connectivity index (χ4n) is 1.42. The Morgan fingerprint density at radius 1 is 1.21 bits per heavy atom. The first-order valence-electron chi connectivity index (χ1n) is 4.70. The SMILES string of the molecule is CC[C@@H](O)c1ccc2nccnc2c1. The molecule has 0 spiro atoms. The van der Waals surface area contributed by atoms with Gasteiger partial charge in [-0.25, -0.2) is 0 Å². The molecule has 1 atom stereocenters. The van der Waals surface area contributed by atoms with Gasteiger partial charge in [-0.2, -0.15) is 0 Å². The minimum Gasteiger partial charge on any atom is -0.388 e. The molecule has 3 nitrogen and oxygen atoms in total. The normalized spacial score (nSPS) is 13.0. The van der Waals surface area contributed by atoms with Crippen molar-refractivity contribution in [2.75, 3.05) is 0 Å². The van der Waals surface area contributed by atoms with E-state index in [1.165, 1.54) is 0 Å². The Morgan fingerprint density at radius 2 is 1.93 bits per heavy atom. The molecule has 1 aromatic heterocycles. The minimum absolute atomic E-state index is 0.401. The van der Waals surface area contributed by atoms with E-state index in [1.807, 2.05) is 25.1 Å². The maximum Gasteiger partial charge on any atom is 0.0890 e. The van der Waals surface area contributed by atoms with E-state index < -0.39 is 6.10 Å². The van der Waals surface area contributed by atoms with Crippen molar-refractivity contribution < 1.29 is 5.11 Å². The van der Waals surface area contributed by atoms with Crippen molar-refractivity contribution in [3.8, 4) is 0 Å². The minimum atomic E-state index is -0.401. The number of hydrogen-bond donors (Lipinski definition) is 1. The van der Waals surface area contributed by atoms with E-state index in [0.717, 1.165) is 16.6 Å². The maximum absolute atomic E-state index is 9.64. The number of fused-ring (bicyclic) bond motifs is 1. The zero-order valence-corrected chi connectivity index (χ0v) is 8.01. The average molecular weight is 188 g/mol. The molecule has 14 heavy (non-hydrogen) atoms. The molecular weight excluding hydrogens is 176 g/mol. The smallest absolute Gasteiger partial charge is 0.0890 e. The molecule has 0 aliphatic carbocycles. The summed E-state index contributed by atoms with van der Waals surface area (Å²) in [6.45, 7) is 1.95. The second kappa shape index (κ2) is 3.72. The molecule has 1 N–H and O–H groups in total. The molecule has 2 rings (SSSR count). The van der Waals surface area contributed by atoms with Gasteiger partial charge in [-0.1, -0.05) is 13.0 Å². The lowest BCUT2D eigenvalue weighted by Gasteiger charge is -2.07. The van der Waals surface area contributed by atoms with Gasteiger partial charge in [0.05, 0.1) is 17.1 Å². The van der Waals surface area contributed by atoms with Gasteiger partial charge in [0.2, 0.25) is 0 Å². The Kier molecular flexibility index (Phi) is 2.41. The van der Waals surface area contributed by atoms with E-state index >= 15 is 0 Å². The highest BCUT2D eigenvalue weighted by atomic mass is 16.3. The third-order valence-corrected chi connectivity index (χ3v) is 2.26. The molecular formula is C11H12N2O. The first-order chi connectivity index (χ1) is 6.81. The number of aliphatic hydroxyl groups is 1. The van der Waals surface area contributed by atoms with Crippen molar-refractivity contribution in [3.05, 3.63) is 36.2 Å². The summed E-state index contributed by atoms with van der Waals surface area (Å²) in [6, 6.07) is 5.66. The highest BCUT2D eigenvalue weighted by Gasteiger charge is 2.05. The van der Waals surface area contributed by atoms with E-state index in [-0.39, 0.29) is 0 Å². The number of rotatable bonds is 2. The predicted molar refractivity (Wildman–Crippen MR) is 54.8 cm³/mol. The third kappa shape index (κ3) is 1.59. The van der Waals surface area contributed by atoms with E-state index in [4.69, 9.17) is 0 Å². The summed E-state index contributed by atoms with van der Waals surface area (Å²) < 4.78 is 0. The standard InChI is InChI=1S/C11H12N2O/c1-2-11(14)8-3-4-9-10(7-8)13-6-5-12-9/h3-7,11,14H,2H2,1H3/t11-/m1/s1. The van der Waals surface area contributed by atoms with Crippen molar-refractivity contribution in [1.82, 2.24) is 9.97 Å². The number of hydrogen-bond acceptors (Lipinski definition) is 3. The highest BCUT2D eigenvalue weighted by molar-refractivity contribution is 5.74. The van der Waals surface area contributed by atoms with Crippen molar-refractivity contribution >= 4 is 11.0 Å². The first kappa shape index (κ1) is 9.09. The fourth-order valence-corrected chi connectivity index (χ4v) is 1.42. The highest BCUT2D eigenvalue weighted by Crippen LogP contribution is 2.19. The van der Waals surface area contributed by atoms with Crippen LogP contribution in [0.25, 0.3) is 11.0 Å². The quantitative estimate of drug-likeness (QED) is 0.784. The van der Waals surface area contributed by atoms with Crippen molar-refractivity contribution in [2.24, 2.45) is 0 Å². The summed E-state index contributed by atoms with van der Waals surface area (Å²) in [5, 5.41) is 9.64. The van der Waals surface area contributed by atoms with Crippen LogP contribution in [-0.4, -0.2) is 15.1 Å². The molecule has 0 saturated heterocycles. The Labute approximate surface area is 82.4 Å². The maximum atomic E-state index is 9.64. The van der Waals surface area contributed by atoms with E-state index in [2.05, 4.69) is 9.97 Å². The van der Waals surface area contributed by atoms with Crippen LogP contribution >= 0.6 is 0 Å². The molecule has 0 unspecified atom stereocenters. The fraction of sp³-hybridized carbons (Fsp3) is 0.273. The summed E-state index contributed by atoms with van der Waals surface area (Å²) in [6.07, 6.45) is 3.63. The monoisotopic (exact) mass is 188 g/mol. The second-order valence-electron chi connectivity index (χ2n) is 3.23. The van der Waals surface area contributed by atoms with Crippen LogP contribution in [0.3, 0.4) is 0 Å². The molecule has 72 valence electrons. The van der Waals surface area contributed by atoms with Crippen LogP contribution in [-0.2, 0) is 0 Å². The topological polar surface area (TPSA) is 46.0 Å². The summed E-state index contributed by atoms with van der Waals surface area (Å²) >= 11 is 0. The van der Waals surface area contributed by atoms with E-state index in [1.54, 1.807) is 12.4 Å². The van der Waals surface area contributed by atoms with Crippen molar-refractivity contribution in [2.45, 2.75) is 19.4 Å². The number of aromatic nitrogens is 2. The van der Waals surface area contributed by atoms with Gasteiger partial charge in [-0.05, 0) is 24.1 Å². The van der Waals surface area contributed by atoms with Gasteiger partial charge >= 0.3 is 0 Å². The third-order valence-electron chi connectivity index (χ3n) is 2.26. The molecule has 1 heterocycles. The predicted octanol–water partition coefficient (Wildman–Crippen LogP) is 2.07. The molecule has 0 aliphatic heterocycles. The Morgan fingerprint density at radius 3 is 2.64 bits per heavy atom. The molecule has 0 fully saturated rings. The van der Waals surface area contributed by atoms with Crippen LogP contribution in [0.2, 0.25) is 0 Å². The number of aliphatic hydroxyl groups excluding tert-OH is 1. The van der Waals surface area contributed by atoms with Gasteiger partial charge in [0.15, 0.2) is 0 Å². The molecule has 0 radical (unpaired) electrons. The zero-order valence-electron chi connectivity index (χ0n) is 8.01. The van der Waals surface area contributed by atoms with Gasteiger partial charge in [0, 0.05) is 12.4 Å². The van der Waals surface area contributed by atoms with Gasteiger partial charge < -0.3 is 5.11 Å². The summed E-state index contributed by atoms with van der Waals surface area (Å²) in [7, 11) is 0. The van der Waals surface area contributed by atoms with Crippen molar-refractivity contribution in [3.63, 3.8) is 0 Å². The molecule has 3 heteroatoms. The molecule has 0 aliphatic rings. The van der Waals surface area contributed by atoms with E-state index in [9.17, 15) is 5.11 Å². The first-order valence-corrected chi connectivity index (χ1v) is 4.70. The van der Waals surface area contributed by atoms with Crippen molar-refractivity contribution in [1.29, 1.82) is 0 Å². The Balaban J connectivity index is 2.51. The van der Waals surface area contributed by atoms with E-state index in [0.29, 0.717) is 6.42 Å². The molecule has 1 aromatic carbocycles. The van der Waals surface area contributed by atoms with Crippen LogP contribution < -0.4 is 0 Å². The summed E-state index contributed by atoms with van der Waals surface area (Å²) in [4.78, 5) is 8.35. The molecule has 0 amide bonds. The number of benzene rings is 1. The van der Waals surface area contributed by atoms with Gasteiger partial charge in [-0.3, -0.25) is 9.97 Å². The van der Waals surface area contributed by atoms with Gasteiger partial charge in [0.25, 0.3) is 0 Å². The van der Waals surface area contributed by atoms with Crippen LogP contribution in [0.15, 0.2) is 30.6 Å². The molecule has 2 aromatic rings. The number of nitrogens with zero attached hydrogens (tertiary/aromatic N) is 2. The lowest BCUT2D eigenvalue weighted by atomic mass is 10.1. The molecule has 0 bridgehead atoms. The average Bonchev–Trinajstić information content (AvgIpc) is 2.27. The molecule has 0 saturated carbocycles. The lowest BCUT2D eigenvalue weighted by molar-refractivity contribution is 0.174. The summed E-state index contributed by atoms with van der Waals surface area (Å²) in [5.74, 6) is 0. The second-order valence-corrected chi connectivity index (χ2v) is 3.23. The Hall–Kier alpha value is -1.48. The largest absolute Gasteiger partial charge is 0.388 e. The Bertz CT molecular complexity index is 442. The van der Waals surface area contributed by atoms with Crippen LogP contribution in [0.5, 0.6) is 0 Å². The van der Waals surface area contributed by atoms with Gasteiger partial charge in [-0.15, -0.1) is 0 Å². The van der Waals surface area contributed by atoms with Crippen LogP contribution in [0, 0.1) is 0 Å².